The number of benzene rings is 2. The van der Waals surface area contributed by atoms with Gasteiger partial charge in [0, 0.05) is 24.6 Å². The smallest absolute Gasteiger partial charge is 0.223 e. The first-order chi connectivity index (χ1) is 11.4. The summed E-state index contributed by atoms with van der Waals surface area (Å²) in [5.41, 5.74) is 0.954. The van der Waals surface area contributed by atoms with Crippen LogP contribution in [0.4, 0.5) is 0 Å². The summed E-state index contributed by atoms with van der Waals surface area (Å²) in [6.07, 6.45) is 0. The average Bonchev–Trinajstić information content (AvgIpc) is 2.52. The van der Waals surface area contributed by atoms with Crippen LogP contribution < -0.4 is 0 Å². The SMILES string of the molecule is Cc1ccc(S(=O)(=O)N=Ic2ccccc2S(=O)(=O)C(C)(C)C)cc1. The Morgan fingerprint density at radius 1 is 0.880 bits per heavy atom. The minimum atomic E-state index is -3.79. The first kappa shape index (κ1) is 20.2. The zero-order valence-corrected chi connectivity index (χ0v) is 18.2. The van der Waals surface area contributed by atoms with Crippen molar-refractivity contribution in [2.75, 3.05) is 0 Å². The van der Waals surface area contributed by atoms with Crippen LogP contribution in [0.25, 0.3) is 0 Å². The standard InChI is InChI=1S/C17H20INO4S2/c1-13-9-11-14(12-10-13)25(22,23)19-18-15-7-5-6-8-16(15)24(20,21)17(2,3)4/h5-12H,1-4H3. The molecule has 0 aliphatic heterocycles. The lowest BCUT2D eigenvalue weighted by atomic mass is 10.2. The second kappa shape index (κ2) is 7.24. The van der Waals surface area contributed by atoms with Gasteiger partial charge in [0.05, 0.1) is 14.5 Å². The molecule has 8 heteroatoms. The van der Waals surface area contributed by atoms with Gasteiger partial charge in [0.2, 0.25) is 0 Å². The molecule has 0 heterocycles. The summed E-state index contributed by atoms with van der Waals surface area (Å²) in [6.45, 7) is 6.74. The van der Waals surface area contributed by atoms with Crippen LogP contribution in [0.15, 0.2) is 60.9 Å². The topological polar surface area (TPSA) is 80.6 Å². The van der Waals surface area contributed by atoms with Crippen molar-refractivity contribution >= 4 is 40.9 Å². The second-order valence-corrected chi connectivity index (χ2v) is 13.5. The summed E-state index contributed by atoms with van der Waals surface area (Å²) in [5.74, 6) is 0. The second-order valence-electron chi connectivity index (χ2n) is 6.49. The van der Waals surface area contributed by atoms with E-state index in [1.165, 1.54) is 18.2 Å². The molecule has 0 saturated carbocycles. The Balaban J connectivity index is 2.48. The molecule has 5 nitrogen and oxygen atoms in total. The molecule has 0 aromatic heterocycles. The Kier molecular flexibility index (Phi) is 5.85. The number of rotatable bonds is 4. The molecular formula is C17H20INO4S2. The zero-order valence-electron chi connectivity index (χ0n) is 14.4. The Morgan fingerprint density at radius 3 is 2.00 bits per heavy atom. The maximum atomic E-state index is 12.7. The third-order valence-corrected chi connectivity index (χ3v) is 11.1. The highest BCUT2D eigenvalue weighted by Crippen LogP contribution is 2.31. The van der Waals surface area contributed by atoms with E-state index in [9.17, 15) is 16.8 Å². The van der Waals surface area contributed by atoms with Gasteiger partial charge in [-0.1, -0.05) is 29.8 Å². The fourth-order valence-corrected chi connectivity index (χ4v) is 7.85. The predicted octanol–water partition coefficient (Wildman–Crippen LogP) is 4.28. The monoisotopic (exact) mass is 493 g/mol. The molecule has 0 atom stereocenters. The van der Waals surface area contributed by atoms with Crippen LogP contribution in [0.3, 0.4) is 0 Å². The van der Waals surface area contributed by atoms with Crippen molar-refractivity contribution < 1.29 is 16.8 Å². The minimum Gasteiger partial charge on any atom is -0.223 e. The van der Waals surface area contributed by atoms with Gasteiger partial charge in [-0.15, -0.1) is 2.55 Å². The lowest BCUT2D eigenvalue weighted by molar-refractivity contribution is 0.559. The van der Waals surface area contributed by atoms with Crippen LogP contribution in [-0.4, -0.2) is 21.6 Å². The molecule has 0 fully saturated rings. The normalized spacial score (nSPS) is 13.6. The van der Waals surface area contributed by atoms with Crippen molar-refractivity contribution in [1.82, 2.24) is 0 Å². The third kappa shape index (κ3) is 4.53. The van der Waals surface area contributed by atoms with Gasteiger partial charge >= 0.3 is 0 Å². The molecule has 2 rings (SSSR count). The fraction of sp³-hybridized carbons (Fsp3) is 0.294. The lowest BCUT2D eigenvalue weighted by Crippen LogP contribution is -2.28. The van der Waals surface area contributed by atoms with Crippen LogP contribution in [0.1, 0.15) is 26.3 Å². The van der Waals surface area contributed by atoms with Crippen LogP contribution in [0.5, 0.6) is 0 Å². The Morgan fingerprint density at radius 2 is 1.44 bits per heavy atom. The first-order valence-electron chi connectivity index (χ1n) is 7.47. The van der Waals surface area contributed by atoms with E-state index in [0.29, 0.717) is 3.57 Å². The number of aryl methyl sites for hydroxylation is 1. The first-order valence-corrected chi connectivity index (χ1v) is 12.4. The molecule has 0 aliphatic carbocycles. The van der Waals surface area contributed by atoms with Crippen molar-refractivity contribution in [3.8, 4) is 0 Å². The molecule has 0 bridgehead atoms. The van der Waals surface area contributed by atoms with Crippen molar-refractivity contribution in [3.05, 3.63) is 57.7 Å². The summed E-state index contributed by atoms with van der Waals surface area (Å²) in [6, 6.07) is 12.9. The molecule has 0 N–H and O–H groups in total. The molecule has 0 amide bonds. The number of halogens is 1. The summed E-state index contributed by atoms with van der Waals surface area (Å²) < 4.78 is 53.6. The van der Waals surface area contributed by atoms with Gasteiger partial charge in [0.15, 0.2) is 9.84 Å². The van der Waals surface area contributed by atoms with Gasteiger partial charge in [-0.2, -0.15) is 8.42 Å². The number of sulfonamides is 1. The minimum absolute atomic E-state index is 0.119. The molecule has 0 unspecified atom stereocenters. The van der Waals surface area contributed by atoms with Crippen LogP contribution in [-0.2, 0) is 19.9 Å². The van der Waals surface area contributed by atoms with E-state index in [-0.39, 0.29) is 9.79 Å². The van der Waals surface area contributed by atoms with E-state index in [2.05, 4.69) is 2.55 Å². The third-order valence-electron chi connectivity index (χ3n) is 3.47. The molecule has 0 saturated heterocycles. The maximum absolute atomic E-state index is 12.7. The number of nitrogens with zero attached hydrogens (tertiary/aromatic N) is 1. The van der Waals surface area contributed by atoms with Gasteiger partial charge in [0.1, 0.15) is 0 Å². The molecule has 2 aromatic rings. The molecule has 136 valence electrons. The highest BCUT2D eigenvalue weighted by Gasteiger charge is 2.32. The Hall–Kier alpha value is -1.13. The van der Waals surface area contributed by atoms with Crippen molar-refractivity contribution in [3.63, 3.8) is 0 Å². The van der Waals surface area contributed by atoms with Crippen LogP contribution >= 0.6 is 21.0 Å². The van der Waals surface area contributed by atoms with E-state index < -0.39 is 45.6 Å². The van der Waals surface area contributed by atoms with E-state index in [1.54, 1.807) is 51.1 Å². The lowest BCUT2D eigenvalue weighted by Gasteiger charge is -2.20. The summed E-state index contributed by atoms with van der Waals surface area (Å²) in [5, 5.41) is 0. The van der Waals surface area contributed by atoms with E-state index >= 15 is 0 Å². The molecule has 0 radical (unpaired) electrons. The Bertz CT molecular complexity index is 1000. The molecule has 25 heavy (non-hydrogen) atoms. The highest BCUT2D eigenvalue weighted by atomic mass is 127. The highest BCUT2D eigenvalue weighted by molar-refractivity contribution is 14.2. The van der Waals surface area contributed by atoms with E-state index in [0.717, 1.165) is 5.56 Å². The predicted molar refractivity (Wildman–Crippen MR) is 107 cm³/mol. The summed E-state index contributed by atoms with van der Waals surface area (Å²) >= 11 is -1.37. The molecule has 0 aliphatic rings. The van der Waals surface area contributed by atoms with Crippen LogP contribution in [0, 0.1) is 10.5 Å². The van der Waals surface area contributed by atoms with Crippen molar-refractivity contribution in [1.29, 1.82) is 0 Å². The maximum Gasteiger partial charge on any atom is 0.286 e. The molecular weight excluding hydrogens is 473 g/mol. The molecule has 0 spiro atoms. The van der Waals surface area contributed by atoms with Crippen LogP contribution in [0.2, 0.25) is 0 Å². The number of hydrogen-bond acceptors (Lipinski definition) is 4. The fourth-order valence-electron chi connectivity index (χ4n) is 1.90. The number of sulfone groups is 1. The zero-order chi connectivity index (χ0) is 18.9. The Labute approximate surface area is 159 Å². The largest absolute Gasteiger partial charge is 0.286 e. The van der Waals surface area contributed by atoms with Gasteiger partial charge in [-0.05, 0) is 52.0 Å². The van der Waals surface area contributed by atoms with Gasteiger partial charge in [-0.25, -0.2) is 8.42 Å². The number of hydrogen-bond donors (Lipinski definition) is 0. The summed E-state index contributed by atoms with van der Waals surface area (Å²) in [7, 11) is -7.37. The van der Waals surface area contributed by atoms with Gasteiger partial charge in [0.25, 0.3) is 10.0 Å². The van der Waals surface area contributed by atoms with Gasteiger partial charge < -0.3 is 0 Å². The van der Waals surface area contributed by atoms with Crippen molar-refractivity contribution in [2.45, 2.75) is 42.2 Å². The van der Waals surface area contributed by atoms with Crippen molar-refractivity contribution in [2.24, 2.45) is 2.55 Å². The quantitative estimate of drug-likeness (QED) is 0.596. The average molecular weight is 493 g/mol. The molecule has 2 aromatic carbocycles. The van der Waals surface area contributed by atoms with E-state index in [4.69, 9.17) is 0 Å². The van der Waals surface area contributed by atoms with Gasteiger partial charge in [-0.3, -0.25) is 0 Å². The van der Waals surface area contributed by atoms with E-state index in [1.807, 2.05) is 6.92 Å². The summed E-state index contributed by atoms with van der Waals surface area (Å²) in [4.78, 5) is 0.284.